The molecule has 0 unspecified atom stereocenters. The van der Waals surface area contributed by atoms with Crippen LogP contribution in [0.1, 0.15) is 29.1 Å². The number of anilines is 1. The average Bonchev–Trinajstić information content (AvgIpc) is 3.17. The standard InChI is InChI=1S/C22H21ClIN5O2S/c1-3-12-29-20(14(2)25-21(31)15-4-6-16(23)7-5-15)27-28-22(29)32-13-19(30)26-18-10-8-17(24)9-11-18/h3-11,14H,1,12-13H2,2H3,(H,25,31)(H,26,30)/t14-/m1/s1. The third kappa shape index (κ3) is 6.57. The first-order valence-electron chi connectivity index (χ1n) is 9.66. The summed E-state index contributed by atoms with van der Waals surface area (Å²) in [5.74, 6) is 0.364. The van der Waals surface area contributed by atoms with Crippen LogP contribution in [-0.2, 0) is 11.3 Å². The molecule has 0 bridgehead atoms. The molecule has 3 aromatic rings. The normalized spacial score (nSPS) is 11.6. The Morgan fingerprint density at radius 3 is 2.53 bits per heavy atom. The highest BCUT2D eigenvalue weighted by Crippen LogP contribution is 2.22. The van der Waals surface area contributed by atoms with Gasteiger partial charge in [-0.2, -0.15) is 0 Å². The zero-order chi connectivity index (χ0) is 23.1. The van der Waals surface area contributed by atoms with Gasteiger partial charge in [0, 0.05) is 26.4 Å². The maximum atomic E-state index is 12.5. The Morgan fingerprint density at radius 1 is 1.19 bits per heavy atom. The summed E-state index contributed by atoms with van der Waals surface area (Å²) in [7, 11) is 0. The topological polar surface area (TPSA) is 88.9 Å². The largest absolute Gasteiger partial charge is 0.342 e. The summed E-state index contributed by atoms with van der Waals surface area (Å²) in [5.41, 5.74) is 1.24. The van der Waals surface area contributed by atoms with Gasteiger partial charge < -0.3 is 15.2 Å². The predicted octanol–water partition coefficient (Wildman–Crippen LogP) is 4.94. The van der Waals surface area contributed by atoms with E-state index in [0.717, 1.165) is 9.26 Å². The number of benzene rings is 2. The number of nitrogens with zero attached hydrogens (tertiary/aromatic N) is 3. The van der Waals surface area contributed by atoms with Gasteiger partial charge in [0.15, 0.2) is 11.0 Å². The molecule has 0 saturated carbocycles. The maximum Gasteiger partial charge on any atom is 0.251 e. The van der Waals surface area contributed by atoms with Gasteiger partial charge in [-0.05, 0) is 78.0 Å². The molecule has 0 fully saturated rings. The smallest absolute Gasteiger partial charge is 0.251 e. The number of halogens is 2. The van der Waals surface area contributed by atoms with Crippen molar-refractivity contribution in [2.45, 2.75) is 24.7 Å². The summed E-state index contributed by atoms with van der Waals surface area (Å²) >= 11 is 9.37. The lowest BCUT2D eigenvalue weighted by molar-refractivity contribution is -0.113. The molecule has 0 saturated heterocycles. The SMILES string of the molecule is C=CCn1c(SCC(=O)Nc2ccc(I)cc2)nnc1[C@@H](C)NC(=O)c1ccc(Cl)cc1. The van der Waals surface area contributed by atoms with E-state index < -0.39 is 6.04 Å². The third-order valence-electron chi connectivity index (χ3n) is 4.36. The number of hydrogen-bond donors (Lipinski definition) is 2. The van der Waals surface area contributed by atoms with Crippen molar-refractivity contribution in [1.82, 2.24) is 20.1 Å². The van der Waals surface area contributed by atoms with Gasteiger partial charge in [-0.3, -0.25) is 9.59 Å². The number of hydrogen-bond acceptors (Lipinski definition) is 5. The first kappa shape index (κ1) is 24.3. The number of nitrogens with one attached hydrogen (secondary N) is 2. The van der Waals surface area contributed by atoms with Crippen LogP contribution in [0.4, 0.5) is 5.69 Å². The molecule has 2 amide bonds. The molecular weight excluding hydrogens is 561 g/mol. The summed E-state index contributed by atoms with van der Waals surface area (Å²) in [6, 6.07) is 13.8. The van der Waals surface area contributed by atoms with Crippen molar-refractivity contribution < 1.29 is 9.59 Å². The monoisotopic (exact) mass is 581 g/mol. The third-order valence-corrected chi connectivity index (χ3v) is 6.30. The molecule has 32 heavy (non-hydrogen) atoms. The predicted molar refractivity (Wildman–Crippen MR) is 136 cm³/mol. The van der Waals surface area contributed by atoms with Crippen molar-refractivity contribution in [3.05, 3.63) is 81.2 Å². The fraction of sp³-hybridized carbons (Fsp3) is 0.182. The number of thioether (sulfide) groups is 1. The average molecular weight is 582 g/mol. The number of allylic oxidation sites excluding steroid dienone is 1. The van der Waals surface area contributed by atoms with Gasteiger partial charge in [0.2, 0.25) is 5.91 Å². The number of aromatic nitrogens is 3. The van der Waals surface area contributed by atoms with Crippen LogP contribution in [0.2, 0.25) is 5.02 Å². The van der Waals surface area contributed by atoms with Crippen LogP contribution >= 0.6 is 46.0 Å². The first-order chi connectivity index (χ1) is 15.4. The molecule has 1 heterocycles. The molecule has 0 aliphatic rings. The van der Waals surface area contributed by atoms with Gasteiger partial charge in [0.25, 0.3) is 5.91 Å². The van der Waals surface area contributed by atoms with Crippen LogP contribution in [0.15, 0.2) is 66.3 Å². The van der Waals surface area contributed by atoms with E-state index in [4.69, 9.17) is 11.6 Å². The van der Waals surface area contributed by atoms with Crippen molar-refractivity contribution in [3.63, 3.8) is 0 Å². The van der Waals surface area contributed by atoms with E-state index in [1.165, 1.54) is 11.8 Å². The van der Waals surface area contributed by atoms with Crippen molar-refractivity contribution in [3.8, 4) is 0 Å². The fourth-order valence-corrected chi connectivity index (χ4v) is 4.07. The van der Waals surface area contributed by atoms with Gasteiger partial charge >= 0.3 is 0 Å². The Labute approximate surface area is 209 Å². The molecule has 0 aliphatic heterocycles. The summed E-state index contributed by atoms with van der Waals surface area (Å²) in [6.45, 7) is 6.06. The van der Waals surface area contributed by atoms with Gasteiger partial charge in [-0.15, -0.1) is 16.8 Å². The molecule has 0 spiro atoms. The van der Waals surface area contributed by atoms with Crippen LogP contribution in [-0.4, -0.2) is 32.3 Å². The van der Waals surface area contributed by atoms with E-state index in [1.54, 1.807) is 30.3 Å². The molecule has 166 valence electrons. The van der Waals surface area contributed by atoms with Crippen molar-refractivity contribution >= 4 is 63.5 Å². The van der Waals surface area contributed by atoms with Crippen LogP contribution < -0.4 is 10.6 Å². The summed E-state index contributed by atoms with van der Waals surface area (Å²) in [5, 5.41) is 15.4. The van der Waals surface area contributed by atoms with Crippen molar-refractivity contribution in [1.29, 1.82) is 0 Å². The number of carbonyl (C=O) groups excluding carboxylic acids is 2. The minimum atomic E-state index is -0.402. The summed E-state index contributed by atoms with van der Waals surface area (Å²) in [4.78, 5) is 24.9. The van der Waals surface area contributed by atoms with Crippen LogP contribution in [0, 0.1) is 3.57 Å². The zero-order valence-electron chi connectivity index (χ0n) is 17.2. The molecular formula is C22H21ClIN5O2S. The van der Waals surface area contributed by atoms with Crippen LogP contribution in [0.25, 0.3) is 0 Å². The first-order valence-corrected chi connectivity index (χ1v) is 12.1. The van der Waals surface area contributed by atoms with E-state index in [-0.39, 0.29) is 17.6 Å². The lowest BCUT2D eigenvalue weighted by Crippen LogP contribution is -2.28. The van der Waals surface area contributed by atoms with Gasteiger partial charge in [0.1, 0.15) is 0 Å². The molecule has 1 aromatic heterocycles. The van der Waals surface area contributed by atoms with E-state index in [2.05, 4.69) is 50.0 Å². The number of carbonyl (C=O) groups is 2. The molecule has 7 nitrogen and oxygen atoms in total. The van der Waals surface area contributed by atoms with Gasteiger partial charge in [0.05, 0.1) is 11.8 Å². The quantitative estimate of drug-likeness (QED) is 0.212. The van der Waals surface area contributed by atoms with E-state index in [9.17, 15) is 9.59 Å². The second-order valence-electron chi connectivity index (χ2n) is 6.79. The number of amides is 2. The lowest BCUT2D eigenvalue weighted by atomic mass is 10.2. The second-order valence-corrected chi connectivity index (χ2v) is 9.41. The highest BCUT2D eigenvalue weighted by Gasteiger charge is 2.20. The van der Waals surface area contributed by atoms with E-state index in [0.29, 0.717) is 28.1 Å². The molecule has 10 heteroatoms. The molecule has 0 aliphatic carbocycles. The molecule has 2 N–H and O–H groups in total. The fourth-order valence-electron chi connectivity index (χ4n) is 2.83. The summed E-state index contributed by atoms with van der Waals surface area (Å²) < 4.78 is 2.93. The second kappa shape index (κ2) is 11.5. The Morgan fingerprint density at radius 2 is 1.88 bits per heavy atom. The van der Waals surface area contributed by atoms with Gasteiger partial charge in [-0.25, -0.2) is 0 Å². The highest BCUT2D eigenvalue weighted by molar-refractivity contribution is 14.1. The Balaban J connectivity index is 1.65. The zero-order valence-corrected chi connectivity index (χ0v) is 20.9. The highest BCUT2D eigenvalue weighted by atomic mass is 127. The molecule has 0 radical (unpaired) electrons. The Kier molecular flexibility index (Phi) is 8.71. The summed E-state index contributed by atoms with van der Waals surface area (Å²) in [6.07, 6.45) is 1.72. The Bertz CT molecular complexity index is 1100. The van der Waals surface area contributed by atoms with Crippen molar-refractivity contribution in [2.24, 2.45) is 0 Å². The molecule has 2 aromatic carbocycles. The van der Waals surface area contributed by atoms with Crippen molar-refractivity contribution in [2.75, 3.05) is 11.1 Å². The molecule has 3 rings (SSSR count). The maximum absolute atomic E-state index is 12.5. The Hall–Kier alpha value is -2.37. The molecule has 1 atom stereocenters. The lowest BCUT2D eigenvalue weighted by Gasteiger charge is -2.15. The minimum Gasteiger partial charge on any atom is -0.342 e. The number of rotatable bonds is 9. The van der Waals surface area contributed by atoms with Gasteiger partial charge in [-0.1, -0.05) is 29.4 Å². The minimum absolute atomic E-state index is 0.144. The van der Waals surface area contributed by atoms with Crippen LogP contribution in [0.3, 0.4) is 0 Å². The van der Waals surface area contributed by atoms with E-state index in [1.807, 2.05) is 35.8 Å². The van der Waals surface area contributed by atoms with E-state index >= 15 is 0 Å². The van der Waals surface area contributed by atoms with Crippen LogP contribution in [0.5, 0.6) is 0 Å².